The lowest BCUT2D eigenvalue weighted by molar-refractivity contribution is 0.483. The Bertz CT molecular complexity index is 441. The molecule has 0 radical (unpaired) electrons. The van der Waals surface area contributed by atoms with Crippen LogP contribution in [0.4, 0.5) is 17.1 Å². The highest BCUT2D eigenvalue weighted by atomic mass is 32.2. The highest BCUT2D eigenvalue weighted by Gasteiger charge is 2.16. The van der Waals surface area contributed by atoms with E-state index >= 15 is 0 Å². The fraction of sp³-hybridized carbons (Fsp3) is 0. The average Bonchev–Trinajstić information content (AvgIpc) is 1.98. The highest BCUT2D eigenvalue weighted by molar-refractivity contribution is 7.86. The first-order valence-electron chi connectivity index (χ1n) is 3.25. The van der Waals surface area contributed by atoms with E-state index in [9.17, 15) is 8.42 Å². The van der Waals surface area contributed by atoms with Crippen LogP contribution in [0.2, 0.25) is 0 Å². The lowest BCUT2D eigenvalue weighted by Gasteiger charge is -2.07. The summed E-state index contributed by atoms with van der Waals surface area (Å²) in [4.78, 5) is -0.431. The van der Waals surface area contributed by atoms with Gasteiger partial charge in [0, 0.05) is 0 Å². The fourth-order valence-corrected chi connectivity index (χ4v) is 1.49. The normalized spacial score (nSPS) is 11.5. The molecule has 7 heteroatoms. The predicted octanol–water partition coefficient (Wildman–Crippen LogP) is -0.320. The van der Waals surface area contributed by atoms with Crippen molar-refractivity contribution in [3.63, 3.8) is 0 Å². The van der Waals surface area contributed by atoms with Gasteiger partial charge in [-0.3, -0.25) is 4.55 Å². The minimum atomic E-state index is -4.33. The van der Waals surface area contributed by atoms with Crippen molar-refractivity contribution in [2.24, 2.45) is 0 Å². The SMILES string of the molecule is Nc1ccc(S(=O)(=O)O)c(N)c1N. The van der Waals surface area contributed by atoms with Crippen molar-refractivity contribution in [1.82, 2.24) is 0 Å². The molecular weight excluding hydrogens is 194 g/mol. The Hall–Kier alpha value is -1.47. The molecule has 0 unspecified atom stereocenters. The zero-order valence-corrected chi connectivity index (χ0v) is 7.38. The van der Waals surface area contributed by atoms with E-state index in [2.05, 4.69) is 0 Å². The number of hydrogen-bond donors (Lipinski definition) is 4. The van der Waals surface area contributed by atoms with Crippen LogP contribution in [0.1, 0.15) is 0 Å². The van der Waals surface area contributed by atoms with Gasteiger partial charge in [-0.15, -0.1) is 0 Å². The van der Waals surface area contributed by atoms with Crippen molar-refractivity contribution < 1.29 is 13.0 Å². The quantitative estimate of drug-likeness (QED) is 0.365. The monoisotopic (exact) mass is 203 g/mol. The maximum Gasteiger partial charge on any atom is 0.296 e. The molecule has 1 aromatic rings. The molecule has 0 aliphatic heterocycles. The van der Waals surface area contributed by atoms with Gasteiger partial charge in [-0.2, -0.15) is 8.42 Å². The summed E-state index contributed by atoms with van der Waals surface area (Å²) >= 11 is 0. The van der Waals surface area contributed by atoms with Gasteiger partial charge in [-0.05, 0) is 12.1 Å². The van der Waals surface area contributed by atoms with Crippen molar-refractivity contribution in [3.8, 4) is 0 Å². The summed E-state index contributed by atoms with van der Waals surface area (Å²) in [6, 6.07) is 2.35. The van der Waals surface area contributed by atoms with E-state index in [4.69, 9.17) is 21.8 Å². The van der Waals surface area contributed by atoms with E-state index in [1.54, 1.807) is 0 Å². The van der Waals surface area contributed by atoms with Gasteiger partial charge < -0.3 is 17.2 Å². The second kappa shape index (κ2) is 2.79. The van der Waals surface area contributed by atoms with Gasteiger partial charge in [0.1, 0.15) is 4.90 Å². The second-order valence-electron chi connectivity index (χ2n) is 2.46. The van der Waals surface area contributed by atoms with E-state index in [1.165, 1.54) is 6.07 Å². The van der Waals surface area contributed by atoms with E-state index in [0.29, 0.717) is 0 Å². The number of benzene rings is 1. The van der Waals surface area contributed by atoms with Crippen LogP contribution in [-0.2, 0) is 10.1 Å². The lowest BCUT2D eigenvalue weighted by atomic mass is 10.2. The molecule has 0 aromatic heterocycles. The van der Waals surface area contributed by atoms with Crippen LogP contribution in [0.25, 0.3) is 0 Å². The smallest absolute Gasteiger partial charge is 0.296 e. The van der Waals surface area contributed by atoms with Gasteiger partial charge in [0.05, 0.1) is 17.1 Å². The highest BCUT2D eigenvalue weighted by Crippen LogP contribution is 2.28. The van der Waals surface area contributed by atoms with Crippen molar-refractivity contribution in [3.05, 3.63) is 12.1 Å². The Labute approximate surface area is 75.1 Å². The van der Waals surface area contributed by atoms with Crippen LogP contribution < -0.4 is 17.2 Å². The van der Waals surface area contributed by atoms with Crippen LogP contribution in [0.15, 0.2) is 17.0 Å². The summed E-state index contributed by atoms with van der Waals surface area (Å²) in [6.45, 7) is 0. The predicted molar refractivity (Wildman–Crippen MR) is 49.5 cm³/mol. The Morgan fingerprint density at radius 3 is 2.08 bits per heavy atom. The molecule has 0 saturated heterocycles. The van der Waals surface area contributed by atoms with Crippen LogP contribution in [-0.4, -0.2) is 13.0 Å². The van der Waals surface area contributed by atoms with Gasteiger partial charge in [-0.1, -0.05) is 0 Å². The Morgan fingerprint density at radius 2 is 1.62 bits per heavy atom. The van der Waals surface area contributed by atoms with Crippen molar-refractivity contribution in [2.75, 3.05) is 17.2 Å². The minimum absolute atomic E-state index is 0.0462. The first-order chi connectivity index (χ1) is 5.84. The third-order valence-electron chi connectivity index (χ3n) is 1.56. The summed E-state index contributed by atoms with van der Waals surface area (Å²) in [5.41, 5.74) is 15.9. The van der Waals surface area contributed by atoms with Crippen LogP contribution in [0, 0.1) is 0 Å². The molecule has 0 atom stereocenters. The van der Waals surface area contributed by atoms with E-state index in [-0.39, 0.29) is 17.1 Å². The summed E-state index contributed by atoms with van der Waals surface area (Å²) < 4.78 is 30.1. The molecule has 6 nitrogen and oxygen atoms in total. The first-order valence-corrected chi connectivity index (χ1v) is 4.69. The molecule has 0 spiro atoms. The van der Waals surface area contributed by atoms with Gasteiger partial charge >= 0.3 is 0 Å². The van der Waals surface area contributed by atoms with Crippen LogP contribution in [0.5, 0.6) is 0 Å². The molecule has 0 aliphatic rings. The van der Waals surface area contributed by atoms with Crippen LogP contribution >= 0.6 is 0 Å². The van der Waals surface area contributed by atoms with Gasteiger partial charge in [0.25, 0.3) is 10.1 Å². The molecule has 0 heterocycles. The Morgan fingerprint density at radius 1 is 1.08 bits per heavy atom. The third kappa shape index (κ3) is 1.65. The fourth-order valence-electron chi connectivity index (χ4n) is 0.858. The minimum Gasteiger partial charge on any atom is -0.397 e. The molecule has 7 N–H and O–H groups in total. The summed E-state index contributed by atoms with van der Waals surface area (Å²) in [7, 11) is -4.33. The first kappa shape index (κ1) is 9.62. The molecule has 0 aliphatic carbocycles. The number of rotatable bonds is 1. The largest absolute Gasteiger partial charge is 0.397 e. The topological polar surface area (TPSA) is 132 Å². The number of nitrogen functional groups attached to an aromatic ring is 3. The van der Waals surface area contributed by atoms with Crippen molar-refractivity contribution in [1.29, 1.82) is 0 Å². The molecule has 0 saturated carbocycles. The molecule has 1 aromatic carbocycles. The molecule has 1 rings (SSSR count). The second-order valence-corrected chi connectivity index (χ2v) is 3.85. The van der Waals surface area contributed by atoms with Crippen molar-refractivity contribution in [2.45, 2.75) is 4.90 Å². The number of hydrogen-bond acceptors (Lipinski definition) is 5. The van der Waals surface area contributed by atoms with Gasteiger partial charge in [0.15, 0.2) is 0 Å². The summed E-state index contributed by atoms with van der Waals surface area (Å²) in [6.07, 6.45) is 0. The van der Waals surface area contributed by atoms with E-state index < -0.39 is 15.0 Å². The van der Waals surface area contributed by atoms with Crippen LogP contribution in [0.3, 0.4) is 0 Å². The molecule has 0 bridgehead atoms. The molecule has 0 amide bonds. The van der Waals surface area contributed by atoms with Crippen molar-refractivity contribution >= 4 is 27.2 Å². The van der Waals surface area contributed by atoms with E-state index in [1.807, 2.05) is 0 Å². The molecular formula is C6H9N3O3S. The van der Waals surface area contributed by atoms with Gasteiger partial charge in [0.2, 0.25) is 0 Å². The van der Waals surface area contributed by atoms with Gasteiger partial charge in [-0.25, -0.2) is 0 Å². The summed E-state index contributed by atoms with van der Waals surface area (Å²) in [5.74, 6) is 0. The molecule has 72 valence electrons. The third-order valence-corrected chi connectivity index (χ3v) is 2.47. The zero-order chi connectivity index (χ0) is 10.2. The Balaban J connectivity index is 3.53. The maximum absolute atomic E-state index is 10.7. The maximum atomic E-state index is 10.7. The average molecular weight is 203 g/mol. The standard InChI is InChI=1S/C6H9N3O3S/c7-3-1-2-4(13(10,11)12)6(9)5(3)8/h1-2H,7-9H2,(H,10,11,12). The molecule has 13 heavy (non-hydrogen) atoms. The summed E-state index contributed by atoms with van der Waals surface area (Å²) in [5, 5.41) is 0. The van der Waals surface area contributed by atoms with E-state index in [0.717, 1.165) is 6.07 Å². The lowest BCUT2D eigenvalue weighted by Crippen LogP contribution is -2.07. The number of anilines is 3. The molecule has 0 fully saturated rings. The number of nitrogens with two attached hydrogens (primary N) is 3. The Kier molecular flexibility index (Phi) is 2.06. The zero-order valence-electron chi connectivity index (χ0n) is 6.56.